The molecule has 0 spiro atoms. The highest BCUT2D eigenvalue weighted by Crippen LogP contribution is 2.32. The fraction of sp³-hybridized carbons (Fsp3) is 0.238. The molecule has 2 aromatic carbocycles. The Labute approximate surface area is 177 Å². The number of fused-ring (bicyclic) bond motifs is 1. The Bertz CT molecular complexity index is 1080. The lowest BCUT2D eigenvalue weighted by atomic mass is 10.2. The first-order valence-corrected chi connectivity index (χ1v) is 10.3. The van der Waals surface area contributed by atoms with Gasteiger partial charge in [0.25, 0.3) is 5.89 Å². The number of anilines is 1. The molecule has 1 N–H and O–H groups in total. The van der Waals surface area contributed by atoms with Gasteiger partial charge in [-0.05, 0) is 49.4 Å². The molecule has 1 amide bonds. The number of benzene rings is 2. The molecule has 2 heterocycles. The Kier molecular flexibility index (Phi) is 5.71. The lowest BCUT2D eigenvalue weighted by molar-refractivity contribution is -0.115. The van der Waals surface area contributed by atoms with Gasteiger partial charge in [-0.25, -0.2) is 4.79 Å². The van der Waals surface area contributed by atoms with Crippen molar-refractivity contribution in [3.63, 3.8) is 0 Å². The average Bonchev–Trinajstić information content (AvgIpc) is 3.17. The van der Waals surface area contributed by atoms with Crippen molar-refractivity contribution in [1.29, 1.82) is 0 Å². The number of carbonyl (C=O) groups is 2. The fourth-order valence-electron chi connectivity index (χ4n) is 2.88. The van der Waals surface area contributed by atoms with Gasteiger partial charge in [-0.15, -0.1) is 22.0 Å². The van der Waals surface area contributed by atoms with Crippen molar-refractivity contribution >= 4 is 29.3 Å². The summed E-state index contributed by atoms with van der Waals surface area (Å²) in [6, 6.07) is 12.3. The first kappa shape index (κ1) is 20.0. The van der Waals surface area contributed by atoms with E-state index in [0.29, 0.717) is 29.3 Å². The molecule has 8 nitrogen and oxygen atoms in total. The molecular formula is C21H19N3O5S. The van der Waals surface area contributed by atoms with Gasteiger partial charge in [0, 0.05) is 22.6 Å². The van der Waals surface area contributed by atoms with Gasteiger partial charge in [0.1, 0.15) is 5.75 Å². The Morgan fingerprint density at radius 3 is 2.77 bits per heavy atom. The third kappa shape index (κ3) is 4.30. The molecule has 30 heavy (non-hydrogen) atoms. The van der Waals surface area contributed by atoms with E-state index in [-0.39, 0.29) is 11.8 Å². The predicted molar refractivity (Wildman–Crippen MR) is 111 cm³/mol. The van der Waals surface area contributed by atoms with Gasteiger partial charge in [0.05, 0.1) is 18.4 Å². The molecule has 1 aliphatic heterocycles. The summed E-state index contributed by atoms with van der Waals surface area (Å²) < 4.78 is 16.3. The van der Waals surface area contributed by atoms with E-state index in [1.807, 2.05) is 0 Å². The highest BCUT2D eigenvalue weighted by Gasteiger charge is 2.22. The van der Waals surface area contributed by atoms with E-state index in [2.05, 4.69) is 15.5 Å². The molecule has 0 fully saturated rings. The van der Waals surface area contributed by atoms with Crippen molar-refractivity contribution in [2.45, 2.75) is 24.3 Å². The second-order valence-corrected chi connectivity index (χ2v) is 7.72. The van der Waals surface area contributed by atoms with Crippen LogP contribution in [0.25, 0.3) is 11.5 Å². The first-order valence-electron chi connectivity index (χ1n) is 9.29. The second kappa shape index (κ2) is 8.58. The first-order chi connectivity index (χ1) is 14.5. The summed E-state index contributed by atoms with van der Waals surface area (Å²) in [6.07, 6.45) is -0.302. The molecule has 3 aromatic rings. The fourth-order valence-corrected chi connectivity index (χ4v) is 3.81. The van der Waals surface area contributed by atoms with Crippen LogP contribution >= 0.6 is 11.8 Å². The standard InChI is InChI=1S/C21H19N3O5S/c1-12(19-23-24-20(29-19)13-3-6-15(27-2)7-4-13)28-21(26)14-5-8-17-16(11-14)22-18(25)9-10-30-17/h3-8,11-12H,9-10H2,1-2H3,(H,22,25)/t12-/m1/s1. The number of esters is 1. The number of carbonyl (C=O) groups excluding carboxylic acids is 2. The molecule has 4 rings (SSSR count). The van der Waals surface area contributed by atoms with Crippen LogP contribution < -0.4 is 10.1 Å². The molecule has 0 saturated heterocycles. The van der Waals surface area contributed by atoms with Gasteiger partial charge in [0.15, 0.2) is 6.10 Å². The summed E-state index contributed by atoms with van der Waals surface area (Å²) >= 11 is 1.57. The molecule has 0 aliphatic carbocycles. The van der Waals surface area contributed by atoms with Crippen LogP contribution in [0.4, 0.5) is 5.69 Å². The van der Waals surface area contributed by atoms with Gasteiger partial charge in [-0.2, -0.15) is 0 Å². The molecule has 0 radical (unpaired) electrons. The van der Waals surface area contributed by atoms with Crippen molar-refractivity contribution in [2.75, 3.05) is 18.2 Å². The second-order valence-electron chi connectivity index (χ2n) is 6.58. The van der Waals surface area contributed by atoms with Crippen LogP contribution in [-0.4, -0.2) is 34.9 Å². The van der Waals surface area contributed by atoms with Gasteiger partial charge < -0.3 is 19.2 Å². The van der Waals surface area contributed by atoms with Gasteiger partial charge in [0.2, 0.25) is 11.8 Å². The third-order valence-corrected chi connectivity index (χ3v) is 5.56. The van der Waals surface area contributed by atoms with Crippen LogP contribution in [-0.2, 0) is 9.53 Å². The van der Waals surface area contributed by atoms with E-state index in [1.54, 1.807) is 68.3 Å². The number of aromatic nitrogens is 2. The number of ether oxygens (including phenoxy) is 2. The molecule has 154 valence electrons. The lowest BCUT2D eigenvalue weighted by Crippen LogP contribution is -2.12. The predicted octanol–water partition coefficient (Wildman–Crippen LogP) is 4.10. The number of amides is 1. The zero-order valence-corrected chi connectivity index (χ0v) is 17.2. The van der Waals surface area contributed by atoms with Crippen LogP contribution in [0.3, 0.4) is 0 Å². The van der Waals surface area contributed by atoms with Crippen molar-refractivity contribution in [3.05, 3.63) is 53.9 Å². The monoisotopic (exact) mass is 425 g/mol. The van der Waals surface area contributed by atoms with Crippen molar-refractivity contribution < 1.29 is 23.5 Å². The number of hydrogen-bond acceptors (Lipinski definition) is 8. The van der Waals surface area contributed by atoms with E-state index in [9.17, 15) is 9.59 Å². The van der Waals surface area contributed by atoms with Crippen LogP contribution in [0.2, 0.25) is 0 Å². The molecular weight excluding hydrogens is 406 g/mol. The summed E-state index contributed by atoms with van der Waals surface area (Å²) in [5.41, 5.74) is 1.68. The summed E-state index contributed by atoms with van der Waals surface area (Å²) in [4.78, 5) is 25.3. The maximum Gasteiger partial charge on any atom is 0.338 e. The Morgan fingerprint density at radius 1 is 1.20 bits per heavy atom. The largest absolute Gasteiger partial charge is 0.497 e. The minimum Gasteiger partial charge on any atom is -0.497 e. The Morgan fingerprint density at radius 2 is 2.00 bits per heavy atom. The smallest absolute Gasteiger partial charge is 0.338 e. The number of rotatable bonds is 5. The van der Waals surface area contributed by atoms with Crippen LogP contribution in [0.15, 0.2) is 51.8 Å². The third-order valence-electron chi connectivity index (χ3n) is 4.49. The number of nitrogens with zero attached hydrogens (tertiary/aromatic N) is 2. The highest BCUT2D eigenvalue weighted by molar-refractivity contribution is 7.99. The van der Waals surface area contributed by atoms with E-state index in [4.69, 9.17) is 13.9 Å². The van der Waals surface area contributed by atoms with Crippen LogP contribution in [0, 0.1) is 0 Å². The van der Waals surface area contributed by atoms with E-state index < -0.39 is 12.1 Å². The Hall–Kier alpha value is -3.33. The molecule has 0 saturated carbocycles. The molecule has 0 bridgehead atoms. The van der Waals surface area contributed by atoms with Crippen LogP contribution in [0.5, 0.6) is 5.75 Å². The zero-order chi connectivity index (χ0) is 21.1. The lowest BCUT2D eigenvalue weighted by Gasteiger charge is -2.11. The maximum absolute atomic E-state index is 12.6. The minimum absolute atomic E-state index is 0.0722. The minimum atomic E-state index is -0.736. The zero-order valence-electron chi connectivity index (χ0n) is 16.4. The molecule has 1 atom stereocenters. The SMILES string of the molecule is COc1ccc(-c2nnc([C@@H](C)OC(=O)c3ccc4c(c3)NC(=O)CCS4)o2)cc1. The molecule has 1 aromatic heterocycles. The summed E-state index contributed by atoms with van der Waals surface area (Å²) in [7, 11) is 1.59. The number of methoxy groups -OCH3 is 1. The van der Waals surface area contributed by atoms with Gasteiger partial charge in [-0.1, -0.05) is 0 Å². The quantitative estimate of drug-likeness (QED) is 0.610. The normalized spacial score (nSPS) is 14.3. The van der Waals surface area contributed by atoms with Crippen molar-refractivity contribution in [3.8, 4) is 17.2 Å². The van der Waals surface area contributed by atoms with Crippen molar-refractivity contribution in [2.24, 2.45) is 0 Å². The average molecular weight is 425 g/mol. The summed E-state index contributed by atoms with van der Waals surface area (Å²) in [5, 5.41) is 10.8. The van der Waals surface area contributed by atoms with E-state index in [0.717, 1.165) is 16.2 Å². The summed E-state index contributed by atoms with van der Waals surface area (Å²) in [5.74, 6) is 1.31. The van der Waals surface area contributed by atoms with E-state index in [1.165, 1.54) is 0 Å². The maximum atomic E-state index is 12.6. The number of thioether (sulfide) groups is 1. The number of hydrogen-bond donors (Lipinski definition) is 1. The van der Waals surface area contributed by atoms with Crippen LogP contribution in [0.1, 0.15) is 35.7 Å². The highest BCUT2D eigenvalue weighted by atomic mass is 32.2. The summed E-state index contributed by atoms with van der Waals surface area (Å²) in [6.45, 7) is 1.66. The van der Waals surface area contributed by atoms with Crippen molar-refractivity contribution in [1.82, 2.24) is 10.2 Å². The molecule has 1 aliphatic rings. The topological polar surface area (TPSA) is 104 Å². The molecule has 9 heteroatoms. The molecule has 0 unspecified atom stereocenters. The van der Waals surface area contributed by atoms with Gasteiger partial charge in [-0.3, -0.25) is 4.79 Å². The van der Waals surface area contributed by atoms with E-state index >= 15 is 0 Å². The Balaban J connectivity index is 1.46. The number of nitrogens with one attached hydrogen (secondary N) is 1. The van der Waals surface area contributed by atoms with Gasteiger partial charge >= 0.3 is 5.97 Å².